The monoisotopic (exact) mass is 546 g/mol. The highest BCUT2D eigenvalue weighted by molar-refractivity contribution is 8.00. The smallest absolute Gasteiger partial charge is 0.242 e. The Morgan fingerprint density at radius 1 is 1.08 bits per heavy atom. The molecule has 2 aromatic carbocycles. The summed E-state index contributed by atoms with van der Waals surface area (Å²) in [4.78, 5) is 30.8. The predicted molar refractivity (Wildman–Crippen MR) is 152 cm³/mol. The van der Waals surface area contributed by atoms with Crippen molar-refractivity contribution in [1.82, 2.24) is 14.7 Å². The zero-order valence-electron chi connectivity index (χ0n) is 22.9. The van der Waals surface area contributed by atoms with Crippen molar-refractivity contribution in [2.75, 3.05) is 37.1 Å². The number of ether oxygens (including phenoxy) is 2. The Hall–Kier alpha value is -3.46. The number of amides is 2. The Bertz CT molecular complexity index is 1440. The van der Waals surface area contributed by atoms with E-state index >= 15 is 0 Å². The normalized spacial score (nSPS) is 18.9. The van der Waals surface area contributed by atoms with Gasteiger partial charge in [-0.2, -0.15) is 5.10 Å². The van der Waals surface area contributed by atoms with E-state index in [9.17, 15) is 9.59 Å². The fraction of sp³-hybridized carbons (Fsp3) is 0.433. The first-order valence-electron chi connectivity index (χ1n) is 13.5. The Labute approximate surface area is 233 Å². The molecule has 4 heterocycles. The molecule has 0 N–H and O–H groups in total. The van der Waals surface area contributed by atoms with Gasteiger partial charge in [0.25, 0.3) is 0 Å². The zero-order valence-corrected chi connectivity index (χ0v) is 23.7. The van der Waals surface area contributed by atoms with E-state index in [-0.39, 0.29) is 41.6 Å². The minimum absolute atomic E-state index is 0.00133. The van der Waals surface area contributed by atoms with Crippen LogP contribution in [-0.2, 0) is 15.0 Å². The molecule has 0 radical (unpaired) electrons. The summed E-state index contributed by atoms with van der Waals surface area (Å²) >= 11 is 1.57. The molecule has 1 atom stereocenters. The van der Waals surface area contributed by atoms with Crippen LogP contribution in [0.2, 0.25) is 0 Å². The van der Waals surface area contributed by atoms with Gasteiger partial charge in [-0.3, -0.25) is 14.5 Å². The lowest BCUT2D eigenvalue weighted by Gasteiger charge is -2.26. The van der Waals surface area contributed by atoms with Crippen molar-refractivity contribution in [2.24, 2.45) is 0 Å². The third-order valence-electron chi connectivity index (χ3n) is 7.50. The molecule has 2 amide bonds. The van der Waals surface area contributed by atoms with E-state index in [1.807, 2.05) is 52.9 Å². The highest BCUT2D eigenvalue weighted by atomic mass is 32.2. The molecule has 39 heavy (non-hydrogen) atoms. The number of aryl methyl sites for hydroxylation is 1. The van der Waals surface area contributed by atoms with Crippen LogP contribution in [0.3, 0.4) is 0 Å². The van der Waals surface area contributed by atoms with Crippen LogP contribution in [0.1, 0.15) is 61.2 Å². The summed E-state index contributed by atoms with van der Waals surface area (Å²) in [6, 6.07) is 14.1. The van der Waals surface area contributed by atoms with Crippen LogP contribution < -0.4 is 14.4 Å². The predicted octanol–water partition coefficient (Wildman–Crippen LogP) is 5.00. The number of hydrogen-bond acceptors (Lipinski definition) is 6. The lowest BCUT2D eigenvalue weighted by atomic mass is 9.87. The van der Waals surface area contributed by atoms with Gasteiger partial charge in [-0.05, 0) is 55.2 Å². The van der Waals surface area contributed by atoms with E-state index < -0.39 is 0 Å². The Morgan fingerprint density at radius 3 is 2.59 bits per heavy atom. The van der Waals surface area contributed by atoms with Gasteiger partial charge < -0.3 is 14.4 Å². The second-order valence-electron chi connectivity index (χ2n) is 11.5. The second kappa shape index (κ2) is 9.93. The van der Waals surface area contributed by atoms with Crippen molar-refractivity contribution in [3.05, 3.63) is 64.8 Å². The van der Waals surface area contributed by atoms with Gasteiger partial charge in [0.15, 0.2) is 11.5 Å². The molecule has 9 heteroatoms. The minimum atomic E-state index is -0.313. The molecule has 1 saturated heterocycles. The van der Waals surface area contributed by atoms with Crippen LogP contribution in [-0.4, -0.2) is 58.7 Å². The third kappa shape index (κ3) is 4.77. The van der Waals surface area contributed by atoms with Gasteiger partial charge in [-0.1, -0.05) is 39.0 Å². The molecule has 0 aliphatic carbocycles. The van der Waals surface area contributed by atoms with Crippen molar-refractivity contribution in [3.8, 4) is 17.2 Å². The molecule has 1 aromatic heterocycles. The first kappa shape index (κ1) is 25.8. The van der Waals surface area contributed by atoms with Crippen molar-refractivity contribution < 1.29 is 19.1 Å². The highest BCUT2D eigenvalue weighted by Gasteiger charge is 2.40. The van der Waals surface area contributed by atoms with Crippen molar-refractivity contribution in [1.29, 1.82) is 0 Å². The Balaban J connectivity index is 1.57. The molecular formula is C30H34N4O4S. The summed E-state index contributed by atoms with van der Waals surface area (Å²) in [5.74, 6) is 2.24. The SMILES string of the molecule is Cc1cccc(-n2nc(C(C)(C)C)c3c2N(CC(=O)N2CCCC2)C(=O)CSC3c2ccc3c(c2)OCO3)c1. The van der Waals surface area contributed by atoms with Crippen molar-refractivity contribution in [2.45, 2.75) is 51.2 Å². The van der Waals surface area contributed by atoms with E-state index in [0.717, 1.165) is 59.8 Å². The second-order valence-corrected chi connectivity index (χ2v) is 12.6. The first-order chi connectivity index (χ1) is 18.7. The van der Waals surface area contributed by atoms with E-state index in [1.54, 1.807) is 16.7 Å². The van der Waals surface area contributed by atoms with E-state index in [1.165, 1.54) is 0 Å². The Morgan fingerprint density at radius 2 is 1.85 bits per heavy atom. The number of thioether (sulfide) groups is 1. The van der Waals surface area contributed by atoms with Crippen LogP contribution in [0, 0.1) is 6.92 Å². The van der Waals surface area contributed by atoms with Crippen LogP contribution in [0.4, 0.5) is 5.82 Å². The van der Waals surface area contributed by atoms with Crippen molar-refractivity contribution in [3.63, 3.8) is 0 Å². The number of fused-ring (bicyclic) bond motifs is 2. The zero-order chi connectivity index (χ0) is 27.3. The average Bonchev–Trinajstić information content (AvgIpc) is 3.65. The molecule has 0 spiro atoms. The first-order valence-corrected chi connectivity index (χ1v) is 14.6. The highest BCUT2D eigenvalue weighted by Crippen LogP contribution is 2.50. The minimum Gasteiger partial charge on any atom is -0.454 e. The summed E-state index contributed by atoms with van der Waals surface area (Å²) in [5.41, 5.74) is 4.53. The van der Waals surface area contributed by atoms with Crippen LogP contribution in [0.15, 0.2) is 42.5 Å². The van der Waals surface area contributed by atoms with Gasteiger partial charge in [0.2, 0.25) is 18.6 Å². The number of carbonyl (C=O) groups excluding carboxylic acids is 2. The summed E-state index contributed by atoms with van der Waals surface area (Å²) in [7, 11) is 0. The van der Waals surface area contributed by atoms with E-state index in [0.29, 0.717) is 11.6 Å². The molecular weight excluding hydrogens is 512 g/mol. The molecule has 6 rings (SSSR count). The van der Waals surface area contributed by atoms with Gasteiger partial charge in [0, 0.05) is 24.1 Å². The van der Waals surface area contributed by atoms with Gasteiger partial charge >= 0.3 is 0 Å². The summed E-state index contributed by atoms with van der Waals surface area (Å²) < 4.78 is 13.1. The maximum absolute atomic E-state index is 13.8. The molecule has 3 aliphatic heterocycles. The molecule has 0 saturated carbocycles. The lowest BCUT2D eigenvalue weighted by Crippen LogP contribution is -2.43. The van der Waals surface area contributed by atoms with E-state index in [2.05, 4.69) is 26.8 Å². The van der Waals surface area contributed by atoms with Crippen LogP contribution in [0.25, 0.3) is 5.69 Å². The number of benzene rings is 2. The number of anilines is 1. The molecule has 0 bridgehead atoms. The standard InChI is InChI=1S/C30H34N4O4S/c1-19-8-7-9-21(14-19)34-29-26(28(31-34)30(2,3)4)27(20-10-11-22-23(15-20)38-18-37-22)39-17-25(36)33(29)16-24(35)32-12-5-6-13-32/h7-11,14-15,27H,5-6,12-13,16-18H2,1-4H3. The molecule has 3 aliphatic rings. The number of nitrogens with zero attached hydrogens (tertiary/aromatic N) is 4. The van der Waals surface area contributed by atoms with Gasteiger partial charge in [-0.15, -0.1) is 11.8 Å². The molecule has 8 nitrogen and oxygen atoms in total. The Kier molecular flexibility index (Phi) is 6.57. The quantitative estimate of drug-likeness (QED) is 0.459. The van der Waals surface area contributed by atoms with Crippen molar-refractivity contribution >= 4 is 29.4 Å². The van der Waals surface area contributed by atoms with Gasteiger partial charge in [0.1, 0.15) is 12.4 Å². The summed E-state index contributed by atoms with van der Waals surface area (Å²) in [6.07, 6.45) is 2.00. The average molecular weight is 547 g/mol. The number of hydrogen-bond donors (Lipinski definition) is 0. The summed E-state index contributed by atoms with van der Waals surface area (Å²) in [5, 5.41) is 5.00. The van der Waals surface area contributed by atoms with Crippen LogP contribution >= 0.6 is 11.8 Å². The van der Waals surface area contributed by atoms with Gasteiger partial charge in [-0.25, -0.2) is 4.68 Å². The molecule has 204 valence electrons. The van der Waals surface area contributed by atoms with E-state index in [4.69, 9.17) is 14.6 Å². The third-order valence-corrected chi connectivity index (χ3v) is 8.75. The molecule has 1 fully saturated rings. The lowest BCUT2D eigenvalue weighted by molar-refractivity contribution is -0.130. The molecule has 1 unspecified atom stereocenters. The number of rotatable bonds is 4. The summed E-state index contributed by atoms with van der Waals surface area (Å²) in [6.45, 7) is 10.2. The number of likely N-dealkylation sites (tertiary alicyclic amines) is 1. The maximum Gasteiger partial charge on any atom is 0.242 e. The maximum atomic E-state index is 13.8. The van der Waals surface area contributed by atoms with Crippen LogP contribution in [0.5, 0.6) is 11.5 Å². The fourth-order valence-corrected chi connectivity index (χ4v) is 6.74. The number of aromatic nitrogens is 2. The fourth-order valence-electron chi connectivity index (χ4n) is 5.55. The van der Waals surface area contributed by atoms with Gasteiger partial charge in [0.05, 0.1) is 22.4 Å². The molecule has 3 aromatic rings. The number of carbonyl (C=O) groups is 2. The largest absolute Gasteiger partial charge is 0.454 e. The topological polar surface area (TPSA) is 76.9 Å².